The summed E-state index contributed by atoms with van der Waals surface area (Å²) in [6.07, 6.45) is 0.755. The first-order chi connectivity index (χ1) is 12.6. The number of H-pyrrole nitrogens is 1. The van der Waals surface area contributed by atoms with Gasteiger partial charge in [0.1, 0.15) is 0 Å². The van der Waals surface area contributed by atoms with Crippen LogP contribution in [0.1, 0.15) is 18.2 Å². The highest BCUT2D eigenvalue weighted by atomic mass is 35.5. The fourth-order valence-corrected chi connectivity index (χ4v) is 3.52. The molecular formula is C20H21Cl2N3O. The third-order valence-electron chi connectivity index (χ3n) is 4.29. The zero-order chi connectivity index (χ0) is 18.5. The molecule has 1 aliphatic heterocycles. The van der Waals surface area contributed by atoms with Crippen molar-refractivity contribution in [3.8, 4) is 0 Å². The molecule has 1 amide bonds. The first kappa shape index (κ1) is 18.8. The minimum Gasteiger partial charge on any atom is -0.357 e. The highest BCUT2D eigenvalue weighted by Crippen LogP contribution is 2.26. The molecule has 1 aliphatic rings. The zero-order valence-electron chi connectivity index (χ0n) is 14.5. The molecule has 136 valence electrons. The Kier molecular flexibility index (Phi) is 6.20. The van der Waals surface area contributed by atoms with Crippen LogP contribution >= 0.6 is 23.2 Å². The Labute approximate surface area is 162 Å². The monoisotopic (exact) mass is 389 g/mol. The molecule has 1 atom stereocenters. The van der Waals surface area contributed by atoms with Crippen LogP contribution in [-0.4, -0.2) is 23.5 Å². The van der Waals surface area contributed by atoms with Gasteiger partial charge in [-0.25, -0.2) is 0 Å². The molecule has 4 nitrogen and oxygen atoms in total. The molecule has 1 unspecified atom stereocenters. The lowest BCUT2D eigenvalue weighted by Gasteiger charge is -2.23. The van der Waals surface area contributed by atoms with E-state index in [0.29, 0.717) is 16.6 Å². The number of rotatable bonds is 2. The Bertz CT molecular complexity index is 890. The van der Waals surface area contributed by atoms with E-state index in [9.17, 15) is 4.79 Å². The number of halogens is 2. The summed E-state index contributed by atoms with van der Waals surface area (Å²) in [4.78, 5) is 15.3. The number of para-hydroxylation sites is 1. The van der Waals surface area contributed by atoms with Crippen molar-refractivity contribution in [3.63, 3.8) is 0 Å². The molecule has 3 N–H and O–H groups in total. The predicted octanol–water partition coefficient (Wildman–Crippen LogP) is 4.31. The van der Waals surface area contributed by atoms with E-state index in [-0.39, 0.29) is 11.9 Å². The number of nitrogens with one attached hydrogen (secondary N) is 3. The highest BCUT2D eigenvalue weighted by Gasteiger charge is 2.26. The van der Waals surface area contributed by atoms with E-state index < -0.39 is 0 Å². The summed E-state index contributed by atoms with van der Waals surface area (Å²) < 4.78 is 0. The van der Waals surface area contributed by atoms with Gasteiger partial charge in [-0.2, -0.15) is 0 Å². The second-order valence-corrected chi connectivity index (χ2v) is 6.97. The van der Waals surface area contributed by atoms with Gasteiger partial charge in [0.15, 0.2) is 0 Å². The lowest BCUT2D eigenvalue weighted by molar-refractivity contribution is -0.123. The fourth-order valence-electron chi connectivity index (χ4n) is 3.08. The van der Waals surface area contributed by atoms with Crippen LogP contribution < -0.4 is 10.6 Å². The Hall–Kier alpha value is -2.01. The number of carbonyl (C=O) groups excluding carboxylic acids is 1. The molecule has 2 heterocycles. The fraction of sp³-hybridized carbons (Fsp3) is 0.250. The first-order valence-corrected chi connectivity index (χ1v) is 9.34. The summed E-state index contributed by atoms with van der Waals surface area (Å²) >= 11 is 11.1. The molecule has 4 rings (SSSR count). The van der Waals surface area contributed by atoms with Gasteiger partial charge in [0.2, 0.25) is 5.91 Å². The molecule has 26 heavy (non-hydrogen) atoms. The Morgan fingerprint density at radius 2 is 1.88 bits per heavy atom. The van der Waals surface area contributed by atoms with Crippen LogP contribution in [0, 0.1) is 0 Å². The molecule has 0 saturated heterocycles. The van der Waals surface area contributed by atoms with E-state index >= 15 is 0 Å². The van der Waals surface area contributed by atoms with E-state index in [1.54, 1.807) is 18.2 Å². The van der Waals surface area contributed by atoms with Crippen LogP contribution in [0.15, 0.2) is 48.5 Å². The largest absolute Gasteiger partial charge is 0.357 e. The second kappa shape index (κ2) is 8.58. The van der Waals surface area contributed by atoms with Crippen molar-refractivity contribution in [2.75, 3.05) is 6.54 Å². The number of benzene rings is 2. The Morgan fingerprint density at radius 1 is 1.15 bits per heavy atom. The molecule has 0 aliphatic carbocycles. The molecule has 0 spiro atoms. The summed E-state index contributed by atoms with van der Waals surface area (Å²) in [6, 6.07) is 15.2. The second-order valence-electron chi connectivity index (χ2n) is 6.10. The molecule has 6 heteroatoms. The molecule has 0 saturated carbocycles. The average Bonchev–Trinajstić information content (AvgIpc) is 3.00. The number of aromatic amines is 1. The number of likely N-dealkylation sites (N-methyl/N-ethyl adjacent to an activating group) is 1. The highest BCUT2D eigenvalue weighted by molar-refractivity contribution is 6.34. The van der Waals surface area contributed by atoms with Crippen molar-refractivity contribution < 1.29 is 4.79 Å². The van der Waals surface area contributed by atoms with Gasteiger partial charge >= 0.3 is 0 Å². The van der Waals surface area contributed by atoms with Gasteiger partial charge in [0, 0.05) is 39.7 Å². The van der Waals surface area contributed by atoms with E-state index in [4.69, 9.17) is 23.2 Å². The van der Waals surface area contributed by atoms with Crippen LogP contribution in [0.4, 0.5) is 0 Å². The van der Waals surface area contributed by atoms with Crippen molar-refractivity contribution >= 4 is 40.0 Å². The maximum absolute atomic E-state index is 11.9. The minimum atomic E-state index is -0.114. The third-order valence-corrected chi connectivity index (χ3v) is 4.76. The molecule has 0 bridgehead atoms. The molecular weight excluding hydrogens is 369 g/mol. The third kappa shape index (κ3) is 4.39. The number of aromatic nitrogens is 1. The summed E-state index contributed by atoms with van der Waals surface area (Å²) in [5.74, 6) is 0.0911. The molecule has 3 aromatic rings. The number of fused-ring (bicyclic) bond motifs is 3. The molecule has 2 aromatic carbocycles. The van der Waals surface area contributed by atoms with Crippen LogP contribution in [-0.2, 0) is 17.8 Å². The summed E-state index contributed by atoms with van der Waals surface area (Å²) in [6.45, 7) is 3.35. The quantitative estimate of drug-likeness (QED) is 0.611. The van der Waals surface area contributed by atoms with E-state index in [1.807, 2.05) is 25.1 Å². The standard InChI is InChI=1S/C14H17N3O.C6H4Cl2/c1-2-15-14(18)12-7-10-9-5-3-4-6-11(9)17-13(10)8-16-12;7-5-2-1-3-6(8)4-5/h3-6,12,16-17H,2,7-8H2,1H3,(H,15,18);1-4H. The van der Waals surface area contributed by atoms with E-state index in [2.05, 4.69) is 27.8 Å². The topological polar surface area (TPSA) is 56.9 Å². The van der Waals surface area contributed by atoms with Crippen molar-refractivity contribution in [2.24, 2.45) is 0 Å². The number of hydrogen-bond acceptors (Lipinski definition) is 2. The summed E-state index contributed by atoms with van der Waals surface area (Å²) in [5.41, 5.74) is 3.64. The summed E-state index contributed by atoms with van der Waals surface area (Å²) in [5, 5.41) is 8.75. The zero-order valence-corrected chi connectivity index (χ0v) is 16.0. The predicted molar refractivity (Wildman–Crippen MR) is 108 cm³/mol. The van der Waals surface area contributed by atoms with Gasteiger partial charge in [-0.1, -0.05) is 47.5 Å². The van der Waals surface area contributed by atoms with Crippen molar-refractivity contribution in [3.05, 3.63) is 69.8 Å². The normalized spacial score (nSPS) is 15.7. The molecule has 0 fully saturated rings. The van der Waals surface area contributed by atoms with Gasteiger partial charge in [0.25, 0.3) is 0 Å². The van der Waals surface area contributed by atoms with E-state index in [1.165, 1.54) is 16.6 Å². The smallest absolute Gasteiger partial charge is 0.237 e. The van der Waals surface area contributed by atoms with Crippen molar-refractivity contribution in [1.82, 2.24) is 15.6 Å². The van der Waals surface area contributed by atoms with Crippen molar-refractivity contribution in [1.29, 1.82) is 0 Å². The number of amides is 1. The number of hydrogen-bond donors (Lipinski definition) is 3. The van der Waals surface area contributed by atoms with Gasteiger partial charge < -0.3 is 10.3 Å². The SMILES string of the molecule is CCNC(=O)C1Cc2c([nH]c3ccccc23)CN1.Clc1cccc(Cl)c1. The maximum atomic E-state index is 11.9. The van der Waals surface area contributed by atoms with Crippen LogP contribution in [0.2, 0.25) is 10.0 Å². The van der Waals surface area contributed by atoms with Crippen LogP contribution in [0.3, 0.4) is 0 Å². The Morgan fingerprint density at radius 3 is 2.54 bits per heavy atom. The lowest BCUT2D eigenvalue weighted by Crippen LogP contribution is -2.47. The van der Waals surface area contributed by atoms with Gasteiger partial charge in [0.05, 0.1) is 6.04 Å². The number of carbonyl (C=O) groups is 1. The van der Waals surface area contributed by atoms with Crippen LogP contribution in [0.5, 0.6) is 0 Å². The molecule has 1 aromatic heterocycles. The van der Waals surface area contributed by atoms with Gasteiger partial charge in [-0.3, -0.25) is 10.1 Å². The Balaban J connectivity index is 0.000000206. The maximum Gasteiger partial charge on any atom is 0.237 e. The van der Waals surface area contributed by atoms with Gasteiger partial charge in [-0.05, 0) is 43.2 Å². The van der Waals surface area contributed by atoms with Gasteiger partial charge in [-0.15, -0.1) is 0 Å². The molecule has 0 radical (unpaired) electrons. The van der Waals surface area contributed by atoms with Crippen molar-refractivity contribution in [2.45, 2.75) is 25.9 Å². The van der Waals surface area contributed by atoms with E-state index in [0.717, 1.165) is 18.5 Å². The average molecular weight is 390 g/mol. The van der Waals surface area contributed by atoms with Crippen LogP contribution in [0.25, 0.3) is 10.9 Å². The first-order valence-electron chi connectivity index (χ1n) is 8.59. The lowest BCUT2D eigenvalue weighted by atomic mass is 9.98. The summed E-state index contributed by atoms with van der Waals surface area (Å²) in [7, 11) is 0. The minimum absolute atomic E-state index is 0.0911.